The van der Waals surface area contributed by atoms with E-state index >= 15 is 0 Å². The molecule has 9 nitrogen and oxygen atoms in total. The summed E-state index contributed by atoms with van der Waals surface area (Å²) in [5.74, 6) is 0.435. The number of ether oxygens (including phenoxy) is 1. The molecule has 1 fully saturated rings. The van der Waals surface area contributed by atoms with E-state index in [4.69, 9.17) is 4.74 Å². The van der Waals surface area contributed by atoms with Crippen LogP contribution in [0.3, 0.4) is 0 Å². The number of aryl methyl sites for hydroxylation is 1. The van der Waals surface area contributed by atoms with E-state index < -0.39 is 12.2 Å². The van der Waals surface area contributed by atoms with Gasteiger partial charge in [-0.25, -0.2) is 0 Å². The molecule has 2 amide bonds. The van der Waals surface area contributed by atoms with Crippen molar-refractivity contribution in [3.63, 3.8) is 0 Å². The first-order valence-corrected chi connectivity index (χ1v) is 12.0. The number of benzene rings is 1. The first kappa shape index (κ1) is 24.2. The van der Waals surface area contributed by atoms with Gasteiger partial charge < -0.3 is 25.2 Å². The maximum atomic E-state index is 12.7. The van der Waals surface area contributed by atoms with Crippen molar-refractivity contribution < 1.29 is 24.5 Å². The Bertz CT molecular complexity index is 956. The van der Waals surface area contributed by atoms with Crippen molar-refractivity contribution in [3.8, 4) is 5.75 Å². The van der Waals surface area contributed by atoms with E-state index in [1.165, 1.54) is 0 Å². The molecular formula is C25H34N4O5. The maximum Gasteiger partial charge on any atom is 0.257 e. The Hall–Kier alpha value is -2.91. The zero-order valence-corrected chi connectivity index (χ0v) is 19.4. The van der Waals surface area contributed by atoms with Crippen molar-refractivity contribution in [2.24, 2.45) is 5.41 Å². The van der Waals surface area contributed by atoms with E-state index in [1.807, 2.05) is 40.0 Å². The number of carbonyl (C=O) groups is 2. The molecular weight excluding hydrogens is 436 g/mol. The molecule has 2 aliphatic rings. The molecule has 0 saturated carbocycles. The number of rotatable bonds is 4. The van der Waals surface area contributed by atoms with Crippen molar-refractivity contribution in [1.82, 2.24) is 20.0 Å². The van der Waals surface area contributed by atoms with E-state index in [9.17, 15) is 19.8 Å². The summed E-state index contributed by atoms with van der Waals surface area (Å²) in [7, 11) is 0. The second-order valence-electron chi connectivity index (χ2n) is 9.47. The molecule has 0 bridgehead atoms. The van der Waals surface area contributed by atoms with Crippen LogP contribution >= 0.6 is 0 Å². The maximum absolute atomic E-state index is 12.7. The Labute approximate surface area is 199 Å². The summed E-state index contributed by atoms with van der Waals surface area (Å²) in [4.78, 5) is 27.0. The number of aliphatic hydroxyl groups is 2. The van der Waals surface area contributed by atoms with Gasteiger partial charge in [-0.05, 0) is 48.8 Å². The lowest BCUT2D eigenvalue weighted by Gasteiger charge is -2.43. The number of carbonyl (C=O) groups excluding carboxylic acids is 2. The summed E-state index contributed by atoms with van der Waals surface area (Å²) in [6.45, 7) is 2.11. The average Bonchev–Trinajstić information content (AvgIpc) is 3.35. The van der Waals surface area contributed by atoms with Gasteiger partial charge in [-0.15, -0.1) is 0 Å². The minimum atomic E-state index is -0.946. The van der Waals surface area contributed by atoms with Gasteiger partial charge in [0.15, 0.2) is 6.61 Å². The Kier molecular flexibility index (Phi) is 7.84. The molecule has 4 rings (SSSR count). The van der Waals surface area contributed by atoms with E-state index in [2.05, 4.69) is 10.4 Å². The Morgan fingerprint density at radius 1 is 1.18 bits per heavy atom. The zero-order valence-electron chi connectivity index (χ0n) is 19.4. The van der Waals surface area contributed by atoms with Gasteiger partial charge in [0.2, 0.25) is 5.91 Å². The van der Waals surface area contributed by atoms with Crippen molar-refractivity contribution in [1.29, 1.82) is 0 Å². The van der Waals surface area contributed by atoms with Gasteiger partial charge >= 0.3 is 0 Å². The fourth-order valence-electron chi connectivity index (χ4n) is 4.90. The molecule has 2 aromatic rings. The normalized spacial score (nSPS) is 23.2. The van der Waals surface area contributed by atoms with E-state index in [1.54, 1.807) is 12.3 Å². The third kappa shape index (κ3) is 6.15. The van der Waals surface area contributed by atoms with Gasteiger partial charge in [-0.2, -0.15) is 5.10 Å². The van der Waals surface area contributed by atoms with Crippen LogP contribution in [0.1, 0.15) is 37.7 Å². The standard InChI is InChI=1S/C25H34N4O5/c30-20-15-19-5-1-2-6-22(19)34-17-23(32)26-18-25(16-21(20)31)8-13-28(14-9-25)24(33)7-3-11-29-12-4-10-27-29/h1-2,4-6,10,12,20-21,30-31H,3,7-9,11,13-18H2,(H,26,32)/t20-,21+/m0/s1. The summed E-state index contributed by atoms with van der Waals surface area (Å²) in [5, 5.41) is 28.7. The van der Waals surface area contributed by atoms with Gasteiger partial charge in [-0.3, -0.25) is 14.3 Å². The lowest BCUT2D eigenvalue weighted by molar-refractivity contribution is -0.135. The van der Waals surface area contributed by atoms with Crippen molar-refractivity contribution >= 4 is 11.8 Å². The molecule has 1 saturated heterocycles. The topological polar surface area (TPSA) is 117 Å². The predicted molar refractivity (Wildman–Crippen MR) is 125 cm³/mol. The van der Waals surface area contributed by atoms with Gasteiger partial charge in [0.05, 0.1) is 12.2 Å². The monoisotopic (exact) mass is 470 g/mol. The number of nitrogens with one attached hydrogen (secondary N) is 1. The van der Waals surface area contributed by atoms with Crippen LogP contribution in [0.15, 0.2) is 42.7 Å². The highest BCUT2D eigenvalue weighted by atomic mass is 16.5. The third-order valence-electron chi connectivity index (χ3n) is 7.02. The highest BCUT2D eigenvalue weighted by molar-refractivity contribution is 5.77. The number of hydrogen-bond donors (Lipinski definition) is 3. The number of para-hydroxylation sites is 1. The minimum absolute atomic E-state index is 0.105. The number of amides is 2. The number of fused-ring (bicyclic) bond motifs is 1. The number of hydrogen-bond acceptors (Lipinski definition) is 6. The SMILES string of the molecule is O=C1COc2ccccc2C[C@H](O)[C@H](O)CC2(CCN(C(=O)CCCn3cccn3)CC2)CN1. The number of aliphatic hydroxyl groups excluding tert-OH is 2. The van der Waals surface area contributed by atoms with Crippen LogP contribution in [0.4, 0.5) is 0 Å². The van der Waals surface area contributed by atoms with E-state index in [-0.39, 0.29) is 30.3 Å². The Morgan fingerprint density at radius 3 is 2.74 bits per heavy atom. The highest BCUT2D eigenvalue weighted by Gasteiger charge is 2.39. The Morgan fingerprint density at radius 2 is 1.97 bits per heavy atom. The number of likely N-dealkylation sites (tertiary alicyclic amines) is 1. The zero-order chi connectivity index (χ0) is 24.0. The smallest absolute Gasteiger partial charge is 0.257 e. The molecule has 1 spiro atoms. The molecule has 3 heterocycles. The fourth-order valence-corrected chi connectivity index (χ4v) is 4.90. The van der Waals surface area contributed by atoms with Crippen LogP contribution < -0.4 is 10.1 Å². The minimum Gasteiger partial charge on any atom is -0.483 e. The summed E-state index contributed by atoms with van der Waals surface area (Å²) in [6.07, 6.45) is 4.82. The van der Waals surface area contributed by atoms with Gasteiger partial charge in [-0.1, -0.05) is 18.2 Å². The van der Waals surface area contributed by atoms with E-state index in [0.29, 0.717) is 57.6 Å². The van der Waals surface area contributed by atoms with Crippen LogP contribution in [0.5, 0.6) is 5.75 Å². The summed E-state index contributed by atoms with van der Waals surface area (Å²) >= 11 is 0. The van der Waals surface area contributed by atoms with Crippen molar-refractivity contribution in [3.05, 3.63) is 48.3 Å². The number of piperidine rings is 1. The first-order chi connectivity index (χ1) is 16.4. The highest BCUT2D eigenvalue weighted by Crippen LogP contribution is 2.37. The van der Waals surface area contributed by atoms with Gasteiger partial charge in [0.25, 0.3) is 5.91 Å². The second-order valence-corrected chi connectivity index (χ2v) is 9.47. The average molecular weight is 471 g/mol. The molecule has 0 radical (unpaired) electrons. The van der Waals surface area contributed by atoms with Crippen LogP contribution in [-0.2, 0) is 22.6 Å². The molecule has 2 aliphatic heterocycles. The molecule has 9 heteroatoms. The fraction of sp³-hybridized carbons (Fsp3) is 0.560. The lowest BCUT2D eigenvalue weighted by Crippen LogP contribution is -2.51. The molecule has 0 unspecified atom stereocenters. The molecule has 3 N–H and O–H groups in total. The number of aromatic nitrogens is 2. The Balaban J connectivity index is 1.37. The summed E-state index contributed by atoms with van der Waals surface area (Å²) in [6, 6.07) is 9.12. The van der Waals surface area contributed by atoms with E-state index in [0.717, 1.165) is 12.0 Å². The molecule has 2 atom stereocenters. The largest absolute Gasteiger partial charge is 0.483 e. The quantitative estimate of drug-likeness (QED) is 0.617. The molecule has 184 valence electrons. The predicted octanol–water partition coefficient (Wildman–Crippen LogP) is 1.14. The van der Waals surface area contributed by atoms with Crippen molar-refractivity contribution in [2.75, 3.05) is 26.2 Å². The lowest BCUT2D eigenvalue weighted by atomic mass is 9.73. The molecule has 1 aromatic carbocycles. The summed E-state index contributed by atoms with van der Waals surface area (Å²) in [5.41, 5.74) is 0.368. The van der Waals surface area contributed by atoms with Gasteiger partial charge in [0, 0.05) is 51.4 Å². The molecule has 0 aliphatic carbocycles. The number of nitrogens with zero attached hydrogens (tertiary/aromatic N) is 3. The van der Waals surface area contributed by atoms with Crippen molar-refractivity contribution in [2.45, 2.75) is 57.3 Å². The van der Waals surface area contributed by atoms with Crippen LogP contribution in [0.2, 0.25) is 0 Å². The van der Waals surface area contributed by atoms with Gasteiger partial charge in [0.1, 0.15) is 5.75 Å². The first-order valence-electron chi connectivity index (χ1n) is 12.0. The second kappa shape index (κ2) is 11.0. The van der Waals surface area contributed by atoms with Crippen LogP contribution in [0, 0.1) is 5.41 Å². The summed E-state index contributed by atoms with van der Waals surface area (Å²) < 4.78 is 7.50. The van der Waals surface area contributed by atoms with Crippen LogP contribution in [0.25, 0.3) is 0 Å². The third-order valence-corrected chi connectivity index (χ3v) is 7.02. The molecule has 1 aromatic heterocycles. The van der Waals surface area contributed by atoms with Crippen LogP contribution in [-0.4, -0.2) is 75.2 Å². The molecule has 34 heavy (non-hydrogen) atoms.